The van der Waals surface area contributed by atoms with Crippen LogP contribution in [0.3, 0.4) is 0 Å². The number of benzene rings is 1. The van der Waals surface area contributed by atoms with E-state index in [1.165, 1.54) is 12.1 Å². The van der Waals surface area contributed by atoms with Crippen LogP contribution in [0.4, 0.5) is 4.39 Å². The Balaban J connectivity index is 2.18. The van der Waals surface area contributed by atoms with Gasteiger partial charge in [0, 0.05) is 25.1 Å². The van der Waals surface area contributed by atoms with Gasteiger partial charge in [-0.15, -0.1) is 0 Å². The molecule has 0 spiro atoms. The largest absolute Gasteiger partial charge is 0.478 e. The van der Waals surface area contributed by atoms with Crippen molar-refractivity contribution in [2.24, 2.45) is 5.92 Å². The molecule has 2 rings (SSSR count). The second-order valence-electron chi connectivity index (χ2n) is 5.36. The SMILES string of the molecule is CC1CCC(=O)N(Cc2cc(C(=O)O)ccc2F)CC1. The molecular weight excluding hydrogens is 261 g/mol. The van der Waals surface area contributed by atoms with Crippen LogP contribution in [0.15, 0.2) is 18.2 Å². The van der Waals surface area contributed by atoms with Crippen LogP contribution in [-0.4, -0.2) is 28.4 Å². The van der Waals surface area contributed by atoms with Crippen molar-refractivity contribution >= 4 is 11.9 Å². The van der Waals surface area contributed by atoms with E-state index >= 15 is 0 Å². The number of nitrogens with zero attached hydrogens (tertiary/aromatic N) is 1. The molecule has 1 aliphatic rings. The van der Waals surface area contributed by atoms with Crippen LogP contribution in [0.1, 0.15) is 42.1 Å². The Morgan fingerprint density at radius 3 is 2.90 bits per heavy atom. The van der Waals surface area contributed by atoms with Gasteiger partial charge >= 0.3 is 5.97 Å². The molecule has 108 valence electrons. The normalized spacial score (nSPS) is 19.8. The van der Waals surface area contributed by atoms with Gasteiger partial charge in [-0.1, -0.05) is 6.92 Å². The first-order chi connectivity index (χ1) is 9.47. The van der Waals surface area contributed by atoms with Crippen molar-refractivity contribution in [2.45, 2.75) is 32.7 Å². The Morgan fingerprint density at radius 2 is 2.20 bits per heavy atom. The van der Waals surface area contributed by atoms with E-state index in [1.54, 1.807) is 4.90 Å². The minimum atomic E-state index is -1.10. The average Bonchev–Trinajstić information content (AvgIpc) is 2.56. The lowest BCUT2D eigenvalue weighted by molar-refractivity contribution is -0.131. The van der Waals surface area contributed by atoms with Crippen molar-refractivity contribution < 1.29 is 19.1 Å². The lowest BCUT2D eigenvalue weighted by Crippen LogP contribution is -2.30. The number of carbonyl (C=O) groups is 2. The highest BCUT2D eigenvalue weighted by Gasteiger charge is 2.21. The van der Waals surface area contributed by atoms with Crippen molar-refractivity contribution in [1.29, 1.82) is 0 Å². The van der Waals surface area contributed by atoms with E-state index in [9.17, 15) is 14.0 Å². The van der Waals surface area contributed by atoms with E-state index in [1.807, 2.05) is 0 Å². The number of carboxylic acids is 1. The predicted octanol–water partition coefficient (Wildman–Crippen LogP) is 2.67. The zero-order valence-electron chi connectivity index (χ0n) is 11.4. The van der Waals surface area contributed by atoms with Crippen molar-refractivity contribution in [3.05, 3.63) is 35.1 Å². The summed E-state index contributed by atoms with van der Waals surface area (Å²) in [7, 11) is 0. The summed E-state index contributed by atoms with van der Waals surface area (Å²) in [4.78, 5) is 24.5. The number of halogens is 1. The Bertz CT molecular complexity index is 530. The fraction of sp³-hybridized carbons (Fsp3) is 0.467. The van der Waals surface area contributed by atoms with E-state index in [4.69, 9.17) is 5.11 Å². The number of carboxylic acid groups (broad SMARTS) is 1. The number of rotatable bonds is 3. The molecule has 1 aromatic rings. The van der Waals surface area contributed by atoms with Crippen LogP contribution in [-0.2, 0) is 11.3 Å². The third-order valence-electron chi connectivity index (χ3n) is 3.75. The molecule has 0 radical (unpaired) electrons. The number of aromatic carboxylic acids is 1. The first-order valence-corrected chi connectivity index (χ1v) is 6.77. The second-order valence-corrected chi connectivity index (χ2v) is 5.36. The molecule has 1 N–H and O–H groups in total. The minimum Gasteiger partial charge on any atom is -0.478 e. The quantitative estimate of drug-likeness (QED) is 0.925. The fourth-order valence-corrected chi connectivity index (χ4v) is 2.38. The molecule has 1 aromatic carbocycles. The smallest absolute Gasteiger partial charge is 0.335 e. The molecule has 1 unspecified atom stereocenters. The summed E-state index contributed by atoms with van der Waals surface area (Å²) in [5.74, 6) is -1.07. The molecular formula is C15H18FNO3. The number of hydrogen-bond acceptors (Lipinski definition) is 2. The first-order valence-electron chi connectivity index (χ1n) is 6.77. The summed E-state index contributed by atoms with van der Waals surface area (Å²) in [5.41, 5.74) is 0.296. The van der Waals surface area contributed by atoms with Gasteiger partial charge in [0.25, 0.3) is 0 Å². The van der Waals surface area contributed by atoms with Gasteiger partial charge in [0.05, 0.1) is 5.56 Å². The van der Waals surface area contributed by atoms with Gasteiger partial charge in [0.15, 0.2) is 0 Å². The average molecular weight is 279 g/mol. The van der Waals surface area contributed by atoms with Gasteiger partial charge in [-0.05, 0) is 37.0 Å². The maximum atomic E-state index is 13.8. The van der Waals surface area contributed by atoms with Crippen LogP contribution in [0.25, 0.3) is 0 Å². The van der Waals surface area contributed by atoms with Crippen LogP contribution in [0, 0.1) is 11.7 Å². The number of hydrogen-bond donors (Lipinski definition) is 1. The molecule has 0 aliphatic carbocycles. The molecule has 0 aromatic heterocycles. The van der Waals surface area contributed by atoms with Crippen LogP contribution < -0.4 is 0 Å². The molecule has 1 aliphatic heterocycles. The molecule has 1 fully saturated rings. The number of amides is 1. The van der Waals surface area contributed by atoms with Crippen molar-refractivity contribution in [3.63, 3.8) is 0 Å². The van der Waals surface area contributed by atoms with Crippen molar-refractivity contribution in [1.82, 2.24) is 4.90 Å². The fourth-order valence-electron chi connectivity index (χ4n) is 2.38. The van der Waals surface area contributed by atoms with Crippen molar-refractivity contribution in [2.75, 3.05) is 6.54 Å². The lowest BCUT2D eigenvalue weighted by atomic mass is 10.0. The summed E-state index contributed by atoms with van der Waals surface area (Å²) in [5, 5.41) is 8.93. The lowest BCUT2D eigenvalue weighted by Gasteiger charge is -2.21. The minimum absolute atomic E-state index is 0.00878. The maximum absolute atomic E-state index is 13.8. The third-order valence-corrected chi connectivity index (χ3v) is 3.75. The Kier molecular flexibility index (Phi) is 4.37. The van der Waals surface area contributed by atoms with E-state index in [-0.39, 0.29) is 23.6 Å². The van der Waals surface area contributed by atoms with Gasteiger partial charge in [0.2, 0.25) is 5.91 Å². The molecule has 4 nitrogen and oxygen atoms in total. The van der Waals surface area contributed by atoms with Crippen LogP contribution in [0.5, 0.6) is 0 Å². The van der Waals surface area contributed by atoms with E-state index in [0.717, 1.165) is 18.9 Å². The number of carbonyl (C=O) groups excluding carboxylic acids is 1. The Morgan fingerprint density at radius 1 is 1.45 bits per heavy atom. The Labute approximate surface area is 117 Å². The van der Waals surface area contributed by atoms with Crippen molar-refractivity contribution in [3.8, 4) is 0 Å². The third kappa shape index (κ3) is 3.35. The second kappa shape index (κ2) is 6.03. The molecule has 0 bridgehead atoms. The summed E-state index contributed by atoms with van der Waals surface area (Å²) in [6, 6.07) is 3.68. The van der Waals surface area contributed by atoms with Gasteiger partial charge in [-0.2, -0.15) is 0 Å². The first kappa shape index (κ1) is 14.5. The van der Waals surface area contributed by atoms with Gasteiger partial charge in [0.1, 0.15) is 5.82 Å². The summed E-state index contributed by atoms with van der Waals surface area (Å²) in [6.45, 7) is 2.83. The van der Waals surface area contributed by atoms with E-state index in [0.29, 0.717) is 18.9 Å². The zero-order chi connectivity index (χ0) is 14.7. The highest BCUT2D eigenvalue weighted by molar-refractivity contribution is 5.87. The van der Waals surface area contributed by atoms with Gasteiger partial charge < -0.3 is 10.0 Å². The van der Waals surface area contributed by atoms with Gasteiger partial charge in [-0.3, -0.25) is 4.79 Å². The topological polar surface area (TPSA) is 57.6 Å². The highest BCUT2D eigenvalue weighted by Crippen LogP contribution is 2.20. The maximum Gasteiger partial charge on any atom is 0.335 e. The molecule has 1 atom stereocenters. The standard InChI is InChI=1S/C15H18FNO3/c1-10-2-5-14(18)17(7-6-10)9-12-8-11(15(19)20)3-4-13(12)16/h3-4,8,10H,2,5-7,9H2,1H3,(H,19,20). The van der Waals surface area contributed by atoms with E-state index < -0.39 is 11.8 Å². The van der Waals surface area contributed by atoms with Crippen LogP contribution in [0.2, 0.25) is 0 Å². The molecule has 1 saturated heterocycles. The molecule has 1 amide bonds. The van der Waals surface area contributed by atoms with E-state index in [2.05, 4.69) is 6.92 Å². The molecule has 20 heavy (non-hydrogen) atoms. The summed E-state index contributed by atoms with van der Waals surface area (Å²) < 4.78 is 13.8. The molecule has 1 heterocycles. The molecule has 0 saturated carbocycles. The predicted molar refractivity (Wildman–Crippen MR) is 71.8 cm³/mol. The summed E-state index contributed by atoms with van der Waals surface area (Å²) >= 11 is 0. The van der Waals surface area contributed by atoms with Crippen LogP contribution >= 0.6 is 0 Å². The highest BCUT2D eigenvalue weighted by atomic mass is 19.1. The summed E-state index contributed by atoms with van der Waals surface area (Å²) in [6.07, 6.45) is 2.22. The monoisotopic (exact) mass is 279 g/mol. The molecule has 5 heteroatoms. The number of likely N-dealkylation sites (tertiary alicyclic amines) is 1. The Hall–Kier alpha value is -1.91. The van der Waals surface area contributed by atoms with Gasteiger partial charge in [-0.25, -0.2) is 9.18 Å². The zero-order valence-corrected chi connectivity index (χ0v) is 11.4.